The van der Waals surface area contributed by atoms with E-state index in [0.717, 1.165) is 32.1 Å². The Morgan fingerprint density at radius 2 is 1.96 bits per heavy atom. The summed E-state index contributed by atoms with van der Waals surface area (Å²) in [7, 11) is 0. The Bertz CT molecular complexity index is 741. The number of benzene rings is 1. The molecule has 6 nitrogen and oxygen atoms in total. The standard InChI is InChI=1S/C21H25NO5/c1-2-3-4-9-26-20(24)12-5-7-14(8-6-12)22-19(23)17-13-10-15-16(11-13)27-21(25)18(15)17/h5-8,13,15-18H,2-4,9-11H2,1H3,(H,22,23). The normalized spacial score (nSPS) is 30.3. The van der Waals surface area contributed by atoms with Crippen molar-refractivity contribution in [3.05, 3.63) is 29.8 Å². The summed E-state index contributed by atoms with van der Waals surface area (Å²) in [5.74, 6) is -0.838. The predicted octanol–water partition coefficient (Wildman–Crippen LogP) is 3.17. The van der Waals surface area contributed by atoms with E-state index in [9.17, 15) is 14.4 Å². The molecule has 0 radical (unpaired) electrons. The Kier molecular flexibility index (Phi) is 4.89. The molecule has 5 unspecified atom stereocenters. The Labute approximate surface area is 158 Å². The first-order valence-corrected chi connectivity index (χ1v) is 9.87. The molecule has 144 valence electrons. The summed E-state index contributed by atoms with van der Waals surface area (Å²) in [6, 6.07) is 6.70. The lowest BCUT2D eigenvalue weighted by Gasteiger charge is -2.23. The van der Waals surface area contributed by atoms with Crippen LogP contribution in [-0.2, 0) is 19.1 Å². The highest BCUT2D eigenvalue weighted by molar-refractivity contribution is 5.97. The molecule has 3 aliphatic rings. The third-order valence-corrected chi connectivity index (χ3v) is 6.16. The van der Waals surface area contributed by atoms with Gasteiger partial charge in [0.15, 0.2) is 0 Å². The molecular weight excluding hydrogens is 346 g/mol. The molecule has 0 aromatic heterocycles. The van der Waals surface area contributed by atoms with Crippen LogP contribution in [0.4, 0.5) is 5.69 Å². The molecule has 2 saturated carbocycles. The van der Waals surface area contributed by atoms with Crippen LogP contribution in [-0.4, -0.2) is 30.6 Å². The van der Waals surface area contributed by atoms with Crippen LogP contribution in [0.1, 0.15) is 49.4 Å². The van der Waals surface area contributed by atoms with Crippen molar-refractivity contribution in [1.29, 1.82) is 0 Å². The van der Waals surface area contributed by atoms with Crippen molar-refractivity contribution >= 4 is 23.5 Å². The molecule has 6 heteroatoms. The van der Waals surface area contributed by atoms with Crippen molar-refractivity contribution < 1.29 is 23.9 Å². The van der Waals surface area contributed by atoms with Gasteiger partial charge in [-0.05, 0) is 49.4 Å². The van der Waals surface area contributed by atoms with E-state index < -0.39 is 0 Å². The fourth-order valence-corrected chi connectivity index (χ4v) is 4.88. The molecule has 1 aromatic rings. The van der Waals surface area contributed by atoms with E-state index in [1.165, 1.54) is 0 Å². The first-order valence-electron chi connectivity index (χ1n) is 9.87. The summed E-state index contributed by atoms with van der Waals surface area (Å²) >= 11 is 0. The van der Waals surface area contributed by atoms with Gasteiger partial charge in [0.25, 0.3) is 0 Å². The highest BCUT2D eigenvalue weighted by Gasteiger charge is 2.63. The Balaban J connectivity index is 1.34. The highest BCUT2D eigenvalue weighted by atomic mass is 16.6. The molecule has 1 N–H and O–H groups in total. The highest BCUT2D eigenvalue weighted by Crippen LogP contribution is 2.57. The monoisotopic (exact) mass is 371 g/mol. The van der Waals surface area contributed by atoms with E-state index >= 15 is 0 Å². The van der Waals surface area contributed by atoms with Crippen LogP contribution in [0.2, 0.25) is 0 Å². The second kappa shape index (κ2) is 7.33. The zero-order valence-corrected chi connectivity index (χ0v) is 15.5. The number of hydrogen-bond acceptors (Lipinski definition) is 5. The predicted molar refractivity (Wildman–Crippen MR) is 98.0 cm³/mol. The second-order valence-electron chi connectivity index (χ2n) is 7.83. The van der Waals surface area contributed by atoms with Crippen LogP contribution in [0.15, 0.2) is 24.3 Å². The maximum absolute atomic E-state index is 12.7. The molecule has 1 heterocycles. The lowest BCUT2D eigenvalue weighted by molar-refractivity contribution is -0.145. The van der Waals surface area contributed by atoms with Crippen LogP contribution >= 0.6 is 0 Å². The SMILES string of the molecule is CCCCCOC(=O)c1ccc(NC(=O)C2C3CC4OC(=O)C2C4C3)cc1. The minimum absolute atomic E-state index is 0.0270. The number of unbranched alkanes of at least 4 members (excludes halogenated alkanes) is 2. The van der Waals surface area contributed by atoms with Crippen molar-refractivity contribution in [1.82, 2.24) is 0 Å². The molecule has 3 fully saturated rings. The fourth-order valence-electron chi connectivity index (χ4n) is 4.88. The van der Waals surface area contributed by atoms with Crippen LogP contribution in [0.5, 0.6) is 0 Å². The number of rotatable bonds is 7. The van der Waals surface area contributed by atoms with E-state index in [0.29, 0.717) is 17.9 Å². The van der Waals surface area contributed by atoms with Crippen molar-refractivity contribution in [2.75, 3.05) is 11.9 Å². The Morgan fingerprint density at radius 1 is 1.19 bits per heavy atom. The molecule has 4 rings (SSSR count). The number of fused-ring (bicyclic) bond motifs is 1. The zero-order chi connectivity index (χ0) is 19.0. The van der Waals surface area contributed by atoms with Crippen LogP contribution < -0.4 is 5.32 Å². The topological polar surface area (TPSA) is 81.7 Å². The first-order chi connectivity index (χ1) is 13.1. The average Bonchev–Trinajstić information content (AvgIpc) is 3.28. The largest absolute Gasteiger partial charge is 0.462 e. The van der Waals surface area contributed by atoms with Gasteiger partial charge in [0.1, 0.15) is 6.10 Å². The van der Waals surface area contributed by atoms with Crippen LogP contribution in [0.25, 0.3) is 0 Å². The Hall–Kier alpha value is -2.37. The molecule has 2 bridgehead atoms. The van der Waals surface area contributed by atoms with Crippen molar-refractivity contribution in [3.63, 3.8) is 0 Å². The molecule has 1 amide bonds. The number of nitrogens with one attached hydrogen (secondary N) is 1. The smallest absolute Gasteiger partial charge is 0.338 e. The van der Waals surface area contributed by atoms with Crippen LogP contribution in [0, 0.1) is 23.7 Å². The zero-order valence-electron chi connectivity index (χ0n) is 15.5. The maximum atomic E-state index is 12.7. The summed E-state index contributed by atoms with van der Waals surface area (Å²) in [4.78, 5) is 36.8. The van der Waals surface area contributed by atoms with Crippen LogP contribution in [0.3, 0.4) is 0 Å². The van der Waals surface area contributed by atoms with Gasteiger partial charge in [-0.2, -0.15) is 0 Å². The second-order valence-corrected chi connectivity index (χ2v) is 7.83. The number of amides is 1. The van der Waals surface area contributed by atoms with Gasteiger partial charge < -0.3 is 14.8 Å². The number of carbonyl (C=O) groups excluding carboxylic acids is 3. The Morgan fingerprint density at radius 3 is 2.70 bits per heavy atom. The maximum Gasteiger partial charge on any atom is 0.338 e. The average molecular weight is 371 g/mol. The van der Waals surface area contributed by atoms with E-state index in [1.807, 2.05) is 0 Å². The number of esters is 2. The van der Waals surface area contributed by atoms with Gasteiger partial charge in [-0.3, -0.25) is 9.59 Å². The van der Waals surface area contributed by atoms with E-state index in [2.05, 4.69) is 12.2 Å². The van der Waals surface area contributed by atoms with Gasteiger partial charge in [0.05, 0.1) is 24.0 Å². The molecule has 1 aromatic carbocycles. The number of carbonyl (C=O) groups is 3. The molecule has 0 spiro atoms. The van der Waals surface area contributed by atoms with E-state index in [4.69, 9.17) is 9.47 Å². The van der Waals surface area contributed by atoms with Gasteiger partial charge in [-0.1, -0.05) is 19.8 Å². The third-order valence-electron chi connectivity index (χ3n) is 6.16. The van der Waals surface area contributed by atoms with Gasteiger partial charge >= 0.3 is 11.9 Å². The molecule has 5 atom stereocenters. The van der Waals surface area contributed by atoms with Gasteiger partial charge in [-0.25, -0.2) is 4.79 Å². The first kappa shape index (κ1) is 18.0. The summed E-state index contributed by atoms with van der Waals surface area (Å²) in [5, 5.41) is 2.90. The van der Waals surface area contributed by atoms with E-state index in [1.54, 1.807) is 24.3 Å². The minimum atomic E-state index is -0.350. The van der Waals surface area contributed by atoms with Gasteiger partial charge in [-0.15, -0.1) is 0 Å². The molecule has 1 saturated heterocycles. The van der Waals surface area contributed by atoms with E-state index in [-0.39, 0.29) is 47.6 Å². The molecule has 2 aliphatic carbocycles. The quantitative estimate of drug-likeness (QED) is 0.588. The lowest BCUT2D eigenvalue weighted by Crippen LogP contribution is -2.35. The summed E-state index contributed by atoms with van der Waals surface area (Å²) in [5.41, 5.74) is 1.08. The number of ether oxygens (including phenoxy) is 2. The van der Waals surface area contributed by atoms with Crippen molar-refractivity contribution in [2.24, 2.45) is 23.7 Å². The van der Waals surface area contributed by atoms with Gasteiger partial charge in [0, 0.05) is 11.6 Å². The van der Waals surface area contributed by atoms with Crippen molar-refractivity contribution in [2.45, 2.75) is 45.1 Å². The summed E-state index contributed by atoms with van der Waals surface area (Å²) in [6.07, 6.45) is 4.71. The molecular formula is C21H25NO5. The third kappa shape index (κ3) is 3.33. The lowest BCUT2D eigenvalue weighted by atomic mass is 9.79. The fraction of sp³-hybridized carbons (Fsp3) is 0.571. The minimum Gasteiger partial charge on any atom is -0.462 e. The molecule has 27 heavy (non-hydrogen) atoms. The number of anilines is 1. The van der Waals surface area contributed by atoms with Gasteiger partial charge in [0.2, 0.25) is 5.91 Å². The molecule has 1 aliphatic heterocycles. The summed E-state index contributed by atoms with van der Waals surface area (Å²) in [6.45, 7) is 2.52. The number of hydrogen-bond donors (Lipinski definition) is 1. The summed E-state index contributed by atoms with van der Waals surface area (Å²) < 4.78 is 10.6. The van der Waals surface area contributed by atoms with Crippen molar-refractivity contribution in [3.8, 4) is 0 Å².